The molecule has 0 aliphatic heterocycles. The number of pyridine rings is 8. The Bertz CT molecular complexity index is 5010. The van der Waals surface area contributed by atoms with E-state index in [1.54, 1.807) is 12.1 Å². The van der Waals surface area contributed by atoms with Crippen molar-refractivity contribution in [3.05, 3.63) is 239 Å². The van der Waals surface area contributed by atoms with Gasteiger partial charge in [-0.25, -0.2) is 0 Å². The molecule has 0 saturated carbocycles. The number of nitrogens with one attached hydrogen (secondary N) is 8. The zero-order valence-electron chi connectivity index (χ0n) is 68.2. The van der Waals surface area contributed by atoms with E-state index in [0.29, 0.717) is 64.5 Å². The molecular formula is C79H102N20O22. The van der Waals surface area contributed by atoms with E-state index in [2.05, 4.69) is 55.7 Å². The van der Waals surface area contributed by atoms with Gasteiger partial charge in [0.2, 0.25) is 0 Å². The summed E-state index contributed by atoms with van der Waals surface area (Å²) in [6, 6.07) is 11.0. The van der Waals surface area contributed by atoms with Gasteiger partial charge in [-0.05, 0) is 68.0 Å². The van der Waals surface area contributed by atoms with Crippen molar-refractivity contribution in [1.29, 1.82) is 0 Å². The van der Waals surface area contributed by atoms with Crippen LogP contribution in [0.2, 0.25) is 0 Å². The van der Waals surface area contributed by atoms with Gasteiger partial charge in [0.1, 0.15) is 0 Å². The van der Waals surface area contributed by atoms with E-state index in [9.17, 15) is 108 Å². The second kappa shape index (κ2) is 43.8. The highest BCUT2D eigenvalue weighted by Gasteiger charge is 2.24. The Kier molecular flexibility index (Phi) is 34.0. The number of aromatic hydroxyl groups is 8. The zero-order chi connectivity index (χ0) is 89.2. The van der Waals surface area contributed by atoms with Crippen molar-refractivity contribution in [2.75, 3.05) is 131 Å². The third-order valence-corrected chi connectivity index (χ3v) is 19.6. The third-order valence-electron chi connectivity index (χ3n) is 19.6. The van der Waals surface area contributed by atoms with Crippen LogP contribution in [0.15, 0.2) is 150 Å². The van der Waals surface area contributed by atoms with Gasteiger partial charge in [-0.3, -0.25) is 86.7 Å². The molecule has 6 amide bonds. The van der Waals surface area contributed by atoms with Crippen LogP contribution in [0, 0.1) is 0 Å². The SMILES string of the molecule is C=C(NCCN(CCCN(CCNC(=O)c1ccn(C)c(=O)c1O)CCNC(=O)c1ccn(C)c(=O)c1O)CCNC(=O)c1ccn(C)c(=O)c1O)c1ccn(C)c(=O)c1O.C=C(NCCN(CCNC(=O)c1ccn(C)c(=O)c1O)CCN(CCNC(=O)c1ccn(C)c(=O)c1O)CCNC(=O)c1ccn(C)c(=O)c1O)c1ccn(C)c(=O)c1O. The van der Waals surface area contributed by atoms with Crippen molar-refractivity contribution in [1.82, 2.24) is 98.7 Å². The Labute approximate surface area is 690 Å². The van der Waals surface area contributed by atoms with E-state index < -0.39 is 126 Å². The number of nitrogens with zero attached hydrogens (tertiary/aromatic N) is 12. The number of rotatable bonds is 41. The van der Waals surface area contributed by atoms with Crippen molar-refractivity contribution < 1.29 is 69.6 Å². The van der Waals surface area contributed by atoms with Crippen LogP contribution in [0.3, 0.4) is 0 Å². The van der Waals surface area contributed by atoms with Gasteiger partial charge in [0.15, 0.2) is 46.0 Å². The zero-order valence-corrected chi connectivity index (χ0v) is 68.2. The number of aryl methyl sites for hydroxylation is 8. The number of amides is 6. The summed E-state index contributed by atoms with van der Waals surface area (Å²) in [6.45, 7) is 12.7. The first-order valence-electron chi connectivity index (χ1n) is 37.9. The van der Waals surface area contributed by atoms with Crippen LogP contribution in [0.25, 0.3) is 11.4 Å². The van der Waals surface area contributed by atoms with E-state index in [4.69, 9.17) is 0 Å². The van der Waals surface area contributed by atoms with Crippen LogP contribution in [0.1, 0.15) is 79.7 Å². The minimum atomic E-state index is -0.744. The molecule has 8 rings (SSSR count). The number of hydrogen-bond acceptors (Lipinski definition) is 28. The minimum absolute atomic E-state index is 0.0500. The van der Waals surface area contributed by atoms with E-state index in [1.165, 1.54) is 151 Å². The molecule has 8 aromatic rings. The summed E-state index contributed by atoms with van der Waals surface area (Å²) in [6.07, 6.45) is 11.7. The van der Waals surface area contributed by atoms with Crippen LogP contribution in [-0.4, -0.2) is 263 Å². The molecule has 0 spiro atoms. The van der Waals surface area contributed by atoms with Crippen molar-refractivity contribution >= 4 is 46.8 Å². The first-order chi connectivity index (χ1) is 57.3. The fraction of sp³-hybridized carbons (Fsp3) is 0.367. The van der Waals surface area contributed by atoms with Crippen LogP contribution >= 0.6 is 0 Å². The Balaban J connectivity index is 0.000000333. The van der Waals surface area contributed by atoms with Crippen molar-refractivity contribution in [2.24, 2.45) is 56.4 Å². The van der Waals surface area contributed by atoms with E-state index in [0.717, 1.165) is 27.4 Å². The van der Waals surface area contributed by atoms with E-state index in [-0.39, 0.29) is 129 Å². The molecule has 121 heavy (non-hydrogen) atoms. The predicted molar refractivity (Wildman–Crippen MR) is 445 cm³/mol. The van der Waals surface area contributed by atoms with Gasteiger partial charge in [-0.15, -0.1) is 0 Å². The second-order valence-electron chi connectivity index (χ2n) is 28.0. The van der Waals surface area contributed by atoms with Crippen molar-refractivity contribution in [3.8, 4) is 46.0 Å². The Morgan fingerprint density at radius 3 is 0.554 bits per heavy atom. The third kappa shape index (κ3) is 25.1. The van der Waals surface area contributed by atoms with Gasteiger partial charge >= 0.3 is 0 Å². The molecule has 0 bridgehead atoms. The lowest BCUT2D eigenvalue weighted by atomic mass is 10.2. The van der Waals surface area contributed by atoms with E-state index in [1.807, 2.05) is 19.6 Å². The Morgan fingerprint density at radius 2 is 0.380 bits per heavy atom. The highest BCUT2D eigenvalue weighted by molar-refractivity contribution is 5.99. The average Bonchev–Trinajstić information content (AvgIpc) is 0.881. The molecule has 0 saturated heterocycles. The first kappa shape index (κ1) is 93.9. The standard InChI is InChI=1S/C40H52N10O11.C39H50N10O11/c1-25(26-7-17-45(2)37(58)30(26)51)41-11-21-49(22-12-42-34(55)27-8-18-46(3)38(59)31(27)52)15-6-16-50(23-13-43-35(56)28-9-19-47(4)39(60)32(28)53)24-14-44-36(57)29-10-20-48(5)40(61)33(29)54;1-24(25-6-14-44(2)36(57)29(25)50)40-10-18-48(19-11-41-33(54)26-7-15-45(3)37(58)30(26)51)22-23-49(20-12-42-34(55)27-8-16-46(4)38(59)31(27)52)21-13-43-35(56)28-9-17-47(5)39(60)32(28)53/h7-10,17-20,41,51-54H,1,6,11-16,21-24H2,2-5H3,(H,42,55)(H,43,56)(H,44,57);6-9,14-17,40,50-53H,1,10-13,18-23H2,2-5H3,(H,41,54)(H,42,55)(H,43,56). The number of aromatic nitrogens is 8. The topological polar surface area (TPSA) is 549 Å². The molecule has 0 atom stereocenters. The largest absolute Gasteiger partial charge is 0.503 e. The molecule has 8 aromatic heterocycles. The second-order valence-corrected chi connectivity index (χ2v) is 28.0. The predicted octanol–water partition coefficient (Wildman–Crippen LogP) is -4.09. The maximum Gasteiger partial charge on any atom is 0.293 e. The minimum Gasteiger partial charge on any atom is -0.503 e. The van der Waals surface area contributed by atoms with Crippen LogP contribution in [0.4, 0.5) is 0 Å². The summed E-state index contributed by atoms with van der Waals surface area (Å²) in [7, 11) is 11.6. The molecule has 8 heterocycles. The Hall–Kier alpha value is -14.3. The fourth-order valence-corrected chi connectivity index (χ4v) is 12.1. The lowest BCUT2D eigenvalue weighted by Gasteiger charge is -2.28. The van der Waals surface area contributed by atoms with Gasteiger partial charge in [0, 0.05) is 246 Å². The van der Waals surface area contributed by atoms with Gasteiger partial charge in [0.25, 0.3) is 79.9 Å². The summed E-state index contributed by atoms with van der Waals surface area (Å²) in [4.78, 5) is 183. The first-order valence-corrected chi connectivity index (χ1v) is 37.9. The summed E-state index contributed by atoms with van der Waals surface area (Å²) in [5, 5.41) is 105. The van der Waals surface area contributed by atoms with Crippen LogP contribution in [-0.2, 0) is 56.4 Å². The molecule has 0 aromatic carbocycles. The van der Waals surface area contributed by atoms with Gasteiger partial charge in [-0.1, -0.05) is 13.2 Å². The maximum atomic E-state index is 12.9. The fourth-order valence-electron chi connectivity index (χ4n) is 12.1. The monoisotopic (exact) mass is 1680 g/mol. The molecule has 42 nitrogen and oxygen atoms in total. The lowest BCUT2D eigenvalue weighted by Crippen LogP contribution is -2.45. The van der Waals surface area contributed by atoms with Crippen molar-refractivity contribution in [2.45, 2.75) is 6.42 Å². The summed E-state index contributed by atoms with van der Waals surface area (Å²) >= 11 is 0. The van der Waals surface area contributed by atoms with Crippen LogP contribution < -0.4 is 87.0 Å². The number of hydrogen-bond donors (Lipinski definition) is 16. The van der Waals surface area contributed by atoms with Crippen molar-refractivity contribution in [3.63, 3.8) is 0 Å². The molecule has 650 valence electrons. The molecule has 0 unspecified atom stereocenters. The Morgan fingerprint density at radius 1 is 0.240 bits per heavy atom. The molecule has 0 aliphatic carbocycles. The number of carbonyl (C=O) groups excluding carboxylic acids is 6. The highest BCUT2D eigenvalue weighted by Crippen LogP contribution is 2.21. The van der Waals surface area contributed by atoms with Gasteiger partial charge in [-0.2, -0.15) is 0 Å². The van der Waals surface area contributed by atoms with Crippen LogP contribution in [0.5, 0.6) is 46.0 Å². The highest BCUT2D eigenvalue weighted by atomic mass is 16.3. The molecule has 16 N–H and O–H groups in total. The van der Waals surface area contributed by atoms with Gasteiger partial charge < -0.3 is 120 Å². The molecular weight excluding hydrogens is 1580 g/mol. The quantitative estimate of drug-likeness (QED) is 0.0173. The van der Waals surface area contributed by atoms with E-state index >= 15 is 0 Å². The smallest absolute Gasteiger partial charge is 0.293 e. The summed E-state index contributed by atoms with van der Waals surface area (Å²) < 4.78 is 9.24. The molecule has 0 aliphatic rings. The molecule has 42 heteroatoms. The molecule has 0 fully saturated rings. The lowest BCUT2D eigenvalue weighted by molar-refractivity contribution is 0.0924. The van der Waals surface area contributed by atoms with Gasteiger partial charge in [0.05, 0.1) is 33.4 Å². The maximum absolute atomic E-state index is 12.9. The summed E-state index contributed by atoms with van der Waals surface area (Å²) in [5.74, 6) is -9.11. The number of carbonyl (C=O) groups is 6. The average molecular weight is 1680 g/mol. The molecule has 0 radical (unpaired) electrons. The normalized spacial score (nSPS) is 11.1. The summed E-state index contributed by atoms with van der Waals surface area (Å²) in [5.41, 5.74) is -5.71.